The van der Waals surface area contributed by atoms with Crippen molar-refractivity contribution in [3.63, 3.8) is 0 Å². The molecule has 0 aliphatic heterocycles. The van der Waals surface area contributed by atoms with E-state index in [-0.39, 0.29) is 10.8 Å². The molecular weight excluding hydrogens is 298 g/mol. The molecule has 0 bridgehead atoms. The molecule has 2 aromatic rings. The van der Waals surface area contributed by atoms with Crippen LogP contribution in [0.1, 0.15) is 0 Å². The van der Waals surface area contributed by atoms with Gasteiger partial charge in [0, 0.05) is 13.1 Å². The highest BCUT2D eigenvalue weighted by molar-refractivity contribution is 8.02. The summed E-state index contributed by atoms with van der Waals surface area (Å²) >= 11 is 3.82. The molecule has 0 aromatic carbocycles. The van der Waals surface area contributed by atoms with Crippen LogP contribution >= 0.6 is 34.9 Å². The smallest absolute Gasteiger partial charge is 0.181 e. The number of nitrogens with zero attached hydrogens (tertiary/aromatic N) is 3. The van der Waals surface area contributed by atoms with E-state index in [2.05, 4.69) is 20.5 Å². The van der Waals surface area contributed by atoms with Gasteiger partial charge in [0.25, 0.3) is 0 Å². The summed E-state index contributed by atoms with van der Waals surface area (Å²) in [7, 11) is 1.52. The standard InChI is InChI=1S/C9H8F2N4S3/c1-12-6-4(10)3-5(11)7(13-6)17-9-15-14-8(16-2)18-9/h3H,1-2H3,(H,12,13). The van der Waals surface area contributed by atoms with E-state index in [1.54, 1.807) is 0 Å². The van der Waals surface area contributed by atoms with E-state index >= 15 is 0 Å². The second kappa shape index (κ2) is 5.81. The Labute approximate surface area is 115 Å². The fourth-order valence-electron chi connectivity index (χ4n) is 1.10. The molecule has 0 saturated carbocycles. The molecule has 1 N–H and O–H groups in total. The second-order valence-electron chi connectivity index (χ2n) is 3.00. The topological polar surface area (TPSA) is 50.7 Å². The summed E-state index contributed by atoms with van der Waals surface area (Å²) in [5.74, 6) is -1.42. The van der Waals surface area contributed by atoms with Gasteiger partial charge in [0.1, 0.15) is 5.03 Å². The van der Waals surface area contributed by atoms with Crippen molar-refractivity contribution in [2.75, 3.05) is 18.6 Å². The molecule has 9 heteroatoms. The molecular formula is C9H8F2N4S3. The lowest BCUT2D eigenvalue weighted by molar-refractivity contribution is 0.551. The van der Waals surface area contributed by atoms with E-state index in [9.17, 15) is 8.78 Å². The van der Waals surface area contributed by atoms with E-state index in [4.69, 9.17) is 0 Å². The second-order valence-corrected chi connectivity index (χ2v) is 6.26. The number of anilines is 1. The van der Waals surface area contributed by atoms with Crippen molar-refractivity contribution >= 4 is 40.7 Å². The van der Waals surface area contributed by atoms with Crippen LogP contribution < -0.4 is 5.32 Å². The van der Waals surface area contributed by atoms with Crippen LogP contribution in [0.5, 0.6) is 0 Å². The van der Waals surface area contributed by atoms with E-state index in [1.165, 1.54) is 30.1 Å². The molecule has 0 saturated heterocycles. The first-order valence-corrected chi connectivity index (χ1v) is 7.59. The van der Waals surface area contributed by atoms with Crippen LogP contribution in [0, 0.1) is 11.6 Å². The number of hydrogen-bond donors (Lipinski definition) is 1. The van der Waals surface area contributed by atoms with Crippen LogP contribution in [-0.2, 0) is 0 Å². The fraction of sp³-hybridized carbons (Fsp3) is 0.222. The predicted molar refractivity (Wildman–Crippen MR) is 69.5 cm³/mol. The summed E-state index contributed by atoms with van der Waals surface area (Å²) in [5.41, 5.74) is 0. The molecule has 0 radical (unpaired) electrons. The van der Waals surface area contributed by atoms with Crippen molar-refractivity contribution < 1.29 is 8.78 Å². The Morgan fingerprint density at radius 3 is 2.56 bits per heavy atom. The molecule has 96 valence electrons. The predicted octanol–water partition coefficient (Wildman–Crippen LogP) is 3.13. The Kier molecular flexibility index (Phi) is 4.36. The number of hydrogen-bond acceptors (Lipinski definition) is 7. The van der Waals surface area contributed by atoms with Gasteiger partial charge in [-0.1, -0.05) is 23.1 Å². The number of rotatable bonds is 4. The maximum atomic E-state index is 13.5. The van der Waals surface area contributed by atoms with Gasteiger partial charge in [-0.3, -0.25) is 0 Å². The molecule has 0 unspecified atom stereocenters. The number of nitrogens with one attached hydrogen (secondary N) is 1. The minimum Gasteiger partial charge on any atom is -0.371 e. The van der Waals surface area contributed by atoms with Crippen molar-refractivity contribution in [1.82, 2.24) is 15.2 Å². The van der Waals surface area contributed by atoms with E-state index in [0.717, 1.165) is 22.2 Å². The van der Waals surface area contributed by atoms with Crippen molar-refractivity contribution in [2.45, 2.75) is 13.7 Å². The van der Waals surface area contributed by atoms with Gasteiger partial charge in [-0.15, -0.1) is 10.2 Å². The summed E-state index contributed by atoms with van der Waals surface area (Å²) in [4.78, 5) is 3.85. The monoisotopic (exact) mass is 306 g/mol. The summed E-state index contributed by atoms with van der Waals surface area (Å²) in [6, 6.07) is 0.803. The summed E-state index contributed by atoms with van der Waals surface area (Å²) in [5, 5.41) is 10.4. The van der Waals surface area contributed by atoms with Crippen LogP contribution in [0.3, 0.4) is 0 Å². The van der Waals surface area contributed by atoms with Gasteiger partial charge >= 0.3 is 0 Å². The SMILES string of the molecule is CNc1nc(Sc2nnc(SC)s2)c(F)cc1F. The molecule has 0 atom stereocenters. The minimum atomic E-state index is -0.721. The maximum absolute atomic E-state index is 13.5. The van der Waals surface area contributed by atoms with E-state index in [1.807, 2.05) is 6.26 Å². The fourth-order valence-corrected chi connectivity index (χ4v) is 3.44. The average molecular weight is 306 g/mol. The summed E-state index contributed by atoms with van der Waals surface area (Å²) < 4.78 is 28.1. The third kappa shape index (κ3) is 2.90. The van der Waals surface area contributed by atoms with Gasteiger partial charge in [0.15, 0.2) is 26.1 Å². The van der Waals surface area contributed by atoms with Crippen molar-refractivity contribution in [3.05, 3.63) is 17.7 Å². The van der Waals surface area contributed by atoms with Gasteiger partial charge in [0.05, 0.1) is 0 Å². The van der Waals surface area contributed by atoms with Gasteiger partial charge in [-0.2, -0.15) is 0 Å². The Balaban J connectivity index is 2.28. The van der Waals surface area contributed by atoms with Crippen LogP contribution in [0.25, 0.3) is 0 Å². The minimum absolute atomic E-state index is 0.00788. The normalized spacial score (nSPS) is 10.7. The highest BCUT2D eigenvalue weighted by Gasteiger charge is 2.14. The first kappa shape index (κ1) is 13.5. The van der Waals surface area contributed by atoms with Crippen LogP contribution in [0.15, 0.2) is 19.8 Å². The zero-order chi connectivity index (χ0) is 13.1. The Morgan fingerprint density at radius 2 is 1.94 bits per heavy atom. The molecule has 4 nitrogen and oxygen atoms in total. The van der Waals surface area contributed by atoms with Gasteiger partial charge in [-0.25, -0.2) is 13.8 Å². The Bertz CT molecular complexity index is 561. The van der Waals surface area contributed by atoms with Gasteiger partial charge < -0.3 is 5.32 Å². The molecule has 0 amide bonds. The van der Waals surface area contributed by atoms with Crippen LogP contribution in [0.2, 0.25) is 0 Å². The molecule has 0 aliphatic carbocycles. The molecule has 2 aromatic heterocycles. The molecule has 0 fully saturated rings. The molecule has 18 heavy (non-hydrogen) atoms. The molecule has 2 heterocycles. The average Bonchev–Trinajstić information content (AvgIpc) is 2.80. The lowest BCUT2D eigenvalue weighted by atomic mass is 10.4. The summed E-state index contributed by atoms with van der Waals surface area (Å²) in [6.07, 6.45) is 1.88. The van der Waals surface area contributed by atoms with Crippen molar-refractivity contribution in [2.24, 2.45) is 0 Å². The van der Waals surface area contributed by atoms with Gasteiger partial charge in [-0.05, 0) is 18.0 Å². The lowest BCUT2D eigenvalue weighted by Crippen LogP contribution is -1.99. The zero-order valence-electron chi connectivity index (χ0n) is 9.40. The lowest BCUT2D eigenvalue weighted by Gasteiger charge is -2.04. The maximum Gasteiger partial charge on any atom is 0.181 e. The van der Waals surface area contributed by atoms with Gasteiger partial charge in [0.2, 0.25) is 0 Å². The number of thioether (sulfide) groups is 1. The quantitative estimate of drug-likeness (QED) is 0.876. The Hall–Kier alpha value is -0.930. The first-order valence-electron chi connectivity index (χ1n) is 4.73. The molecule has 0 spiro atoms. The van der Waals surface area contributed by atoms with Crippen molar-refractivity contribution in [3.8, 4) is 0 Å². The van der Waals surface area contributed by atoms with Crippen LogP contribution in [0.4, 0.5) is 14.6 Å². The Morgan fingerprint density at radius 1 is 1.22 bits per heavy atom. The molecule has 2 rings (SSSR count). The highest BCUT2D eigenvalue weighted by atomic mass is 32.2. The van der Waals surface area contributed by atoms with Crippen molar-refractivity contribution in [1.29, 1.82) is 0 Å². The third-order valence-electron chi connectivity index (χ3n) is 1.88. The van der Waals surface area contributed by atoms with E-state index < -0.39 is 11.6 Å². The molecule has 0 aliphatic rings. The third-order valence-corrected chi connectivity index (χ3v) is 4.81. The summed E-state index contributed by atoms with van der Waals surface area (Å²) in [6.45, 7) is 0. The van der Waals surface area contributed by atoms with E-state index in [0.29, 0.717) is 4.34 Å². The van der Waals surface area contributed by atoms with Crippen LogP contribution in [-0.4, -0.2) is 28.5 Å². The number of aromatic nitrogens is 3. The first-order chi connectivity index (χ1) is 8.63. The number of halogens is 2. The highest BCUT2D eigenvalue weighted by Crippen LogP contribution is 2.34. The number of pyridine rings is 1. The largest absolute Gasteiger partial charge is 0.371 e. The zero-order valence-corrected chi connectivity index (χ0v) is 11.8.